The fraction of sp³-hybridized carbons (Fsp3) is 0.471. The first-order valence-electron chi connectivity index (χ1n) is 8.08. The highest BCUT2D eigenvalue weighted by Gasteiger charge is 2.28. The molecule has 5 heteroatoms. The van der Waals surface area contributed by atoms with Crippen molar-refractivity contribution in [3.63, 3.8) is 0 Å². The molecule has 0 bridgehead atoms. The summed E-state index contributed by atoms with van der Waals surface area (Å²) >= 11 is 0. The van der Waals surface area contributed by atoms with Crippen molar-refractivity contribution >= 4 is 5.91 Å². The van der Waals surface area contributed by atoms with Crippen LogP contribution in [0.4, 0.5) is 0 Å². The second kappa shape index (κ2) is 6.73. The molecule has 1 aliphatic rings. The predicted octanol–water partition coefficient (Wildman–Crippen LogP) is 2.74. The molecule has 0 aliphatic carbocycles. The van der Waals surface area contributed by atoms with Crippen molar-refractivity contribution in [3.05, 3.63) is 36.2 Å². The molecule has 116 valence electrons. The van der Waals surface area contributed by atoms with Gasteiger partial charge in [-0.15, -0.1) is 10.2 Å². The Morgan fingerprint density at radius 2 is 2.09 bits per heavy atom. The van der Waals surface area contributed by atoms with E-state index < -0.39 is 0 Å². The number of amides is 1. The average molecular weight is 298 g/mol. The number of aryl methyl sites for hydroxylation is 1. The Kier molecular flexibility index (Phi) is 4.51. The number of hydrogen-bond donors (Lipinski definition) is 1. The Morgan fingerprint density at radius 1 is 1.27 bits per heavy atom. The topological polar surface area (TPSA) is 59.8 Å². The quantitative estimate of drug-likeness (QED) is 0.944. The van der Waals surface area contributed by atoms with Gasteiger partial charge in [-0.25, -0.2) is 0 Å². The molecule has 1 unspecified atom stereocenters. The van der Waals surface area contributed by atoms with Gasteiger partial charge in [0.15, 0.2) is 5.82 Å². The lowest BCUT2D eigenvalue weighted by atomic mass is 10.1. The zero-order chi connectivity index (χ0) is 15.4. The van der Waals surface area contributed by atoms with E-state index in [-0.39, 0.29) is 11.9 Å². The smallest absolute Gasteiger partial charge is 0.243 e. The largest absolute Gasteiger partial charge is 0.354 e. The third-order valence-corrected chi connectivity index (χ3v) is 4.09. The molecule has 0 saturated carbocycles. The number of nitrogens with zero attached hydrogens (tertiary/aromatic N) is 3. The summed E-state index contributed by atoms with van der Waals surface area (Å²) in [5.41, 5.74) is 1.01. The Labute approximate surface area is 130 Å². The van der Waals surface area contributed by atoms with E-state index in [0.29, 0.717) is 6.54 Å². The van der Waals surface area contributed by atoms with E-state index in [9.17, 15) is 4.79 Å². The highest BCUT2D eigenvalue weighted by molar-refractivity contribution is 5.81. The molecule has 1 amide bonds. The van der Waals surface area contributed by atoms with Crippen LogP contribution in [0.2, 0.25) is 0 Å². The highest BCUT2D eigenvalue weighted by Crippen LogP contribution is 2.29. The van der Waals surface area contributed by atoms with Crippen LogP contribution in [0.1, 0.15) is 44.5 Å². The molecule has 1 aliphatic heterocycles. The van der Waals surface area contributed by atoms with Crippen molar-refractivity contribution in [3.8, 4) is 11.4 Å². The molecule has 1 atom stereocenters. The van der Waals surface area contributed by atoms with Crippen molar-refractivity contribution in [2.45, 2.75) is 45.1 Å². The lowest BCUT2D eigenvalue weighted by Gasteiger charge is -2.19. The van der Waals surface area contributed by atoms with Crippen LogP contribution >= 0.6 is 0 Å². The van der Waals surface area contributed by atoms with Crippen molar-refractivity contribution in [2.24, 2.45) is 0 Å². The second-order valence-corrected chi connectivity index (χ2v) is 5.73. The lowest BCUT2D eigenvalue weighted by Crippen LogP contribution is -2.33. The minimum atomic E-state index is -0.200. The molecule has 0 spiro atoms. The molecule has 22 heavy (non-hydrogen) atoms. The fourth-order valence-corrected chi connectivity index (χ4v) is 2.97. The van der Waals surface area contributed by atoms with E-state index in [4.69, 9.17) is 0 Å². The molecule has 0 fully saturated rings. The second-order valence-electron chi connectivity index (χ2n) is 5.73. The van der Waals surface area contributed by atoms with Crippen LogP contribution in [0.3, 0.4) is 0 Å². The minimum absolute atomic E-state index is 0.0852. The van der Waals surface area contributed by atoms with Crippen molar-refractivity contribution in [1.82, 2.24) is 20.1 Å². The van der Waals surface area contributed by atoms with Gasteiger partial charge in [-0.05, 0) is 19.3 Å². The van der Waals surface area contributed by atoms with Gasteiger partial charge in [-0.3, -0.25) is 9.36 Å². The minimum Gasteiger partial charge on any atom is -0.354 e. The molecular weight excluding hydrogens is 276 g/mol. The first-order valence-corrected chi connectivity index (χ1v) is 8.08. The number of nitrogens with one attached hydrogen (secondary N) is 1. The van der Waals surface area contributed by atoms with E-state index in [0.717, 1.165) is 49.3 Å². The lowest BCUT2D eigenvalue weighted by molar-refractivity contribution is -0.124. The SMILES string of the molecule is CCCNC(=O)C1CCCCc2nnc(-c3ccccc3)n21. The Bertz CT molecular complexity index is 635. The molecule has 1 N–H and O–H groups in total. The summed E-state index contributed by atoms with van der Waals surface area (Å²) in [7, 11) is 0. The molecule has 0 saturated heterocycles. The summed E-state index contributed by atoms with van der Waals surface area (Å²) in [6.45, 7) is 2.78. The van der Waals surface area contributed by atoms with Gasteiger partial charge in [0, 0.05) is 18.5 Å². The van der Waals surface area contributed by atoms with Crippen molar-refractivity contribution in [1.29, 1.82) is 0 Å². The number of fused-ring (bicyclic) bond motifs is 1. The van der Waals surface area contributed by atoms with Crippen LogP contribution in [-0.2, 0) is 11.2 Å². The van der Waals surface area contributed by atoms with Gasteiger partial charge in [0.2, 0.25) is 5.91 Å². The van der Waals surface area contributed by atoms with E-state index in [2.05, 4.69) is 22.4 Å². The average Bonchev–Trinajstić information content (AvgIpc) is 2.86. The third kappa shape index (κ3) is 2.89. The predicted molar refractivity (Wildman–Crippen MR) is 85.4 cm³/mol. The molecule has 3 rings (SSSR count). The Balaban J connectivity index is 1.99. The first-order chi connectivity index (χ1) is 10.8. The summed E-state index contributed by atoms with van der Waals surface area (Å²) in [4.78, 5) is 12.6. The molecule has 0 radical (unpaired) electrons. The third-order valence-electron chi connectivity index (χ3n) is 4.09. The van der Waals surface area contributed by atoms with E-state index in [1.54, 1.807) is 0 Å². The molecule has 5 nitrogen and oxygen atoms in total. The van der Waals surface area contributed by atoms with E-state index in [1.165, 1.54) is 0 Å². The summed E-state index contributed by atoms with van der Waals surface area (Å²) < 4.78 is 2.05. The maximum atomic E-state index is 12.6. The maximum absolute atomic E-state index is 12.6. The number of hydrogen-bond acceptors (Lipinski definition) is 3. The normalized spacial score (nSPS) is 17.6. The monoisotopic (exact) mass is 298 g/mol. The molecular formula is C17H22N4O. The van der Waals surface area contributed by atoms with Gasteiger partial charge in [0.1, 0.15) is 11.9 Å². The Morgan fingerprint density at radius 3 is 2.86 bits per heavy atom. The van der Waals surface area contributed by atoms with E-state index in [1.807, 2.05) is 34.9 Å². The van der Waals surface area contributed by atoms with Crippen molar-refractivity contribution < 1.29 is 4.79 Å². The Hall–Kier alpha value is -2.17. The van der Waals surface area contributed by atoms with Gasteiger partial charge in [0.25, 0.3) is 0 Å². The summed E-state index contributed by atoms with van der Waals surface area (Å²) in [5, 5.41) is 11.7. The van der Waals surface area contributed by atoms with Gasteiger partial charge in [0.05, 0.1) is 0 Å². The molecule has 1 aromatic carbocycles. The highest BCUT2D eigenvalue weighted by atomic mass is 16.2. The summed E-state index contributed by atoms with van der Waals surface area (Å²) in [6.07, 6.45) is 4.78. The van der Waals surface area contributed by atoms with Crippen LogP contribution in [0, 0.1) is 0 Å². The number of benzene rings is 1. The standard InChI is InChI=1S/C17H22N4O/c1-2-12-18-17(22)14-10-6-7-11-15-19-20-16(21(14)15)13-8-4-3-5-9-13/h3-5,8-9,14H,2,6-7,10-12H2,1H3,(H,18,22). The number of rotatable bonds is 4. The van der Waals surface area contributed by atoms with Crippen LogP contribution in [0.15, 0.2) is 30.3 Å². The van der Waals surface area contributed by atoms with Gasteiger partial charge in [-0.2, -0.15) is 0 Å². The number of aromatic nitrogens is 3. The zero-order valence-electron chi connectivity index (χ0n) is 13.0. The van der Waals surface area contributed by atoms with Crippen molar-refractivity contribution in [2.75, 3.05) is 6.54 Å². The number of carbonyl (C=O) groups is 1. The van der Waals surface area contributed by atoms with Gasteiger partial charge < -0.3 is 5.32 Å². The fourth-order valence-electron chi connectivity index (χ4n) is 2.97. The molecule has 2 heterocycles. The molecule has 1 aromatic heterocycles. The molecule has 2 aromatic rings. The zero-order valence-corrected chi connectivity index (χ0v) is 13.0. The van der Waals surface area contributed by atoms with Crippen LogP contribution in [0.5, 0.6) is 0 Å². The van der Waals surface area contributed by atoms with Gasteiger partial charge in [-0.1, -0.05) is 43.7 Å². The van der Waals surface area contributed by atoms with Crippen LogP contribution in [-0.4, -0.2) is 27.2 Å². The van der Waals surface area contributed by atoms with Gasteiger partial charge >= 0.3 is 0 Å². The summed E-state index contributed by atoms with van der Waals surface area (Å²) in [6, 6.07) is 9.79. The van der Waals surface area contributed by atoms with Crippen LogP contribution < -0.4 is 5.32 Å². The maximum Gasteiger partial charge on any atom is 0.243 e. The summed E-state index contributed by atoms with van der Waals surface area (Å²) in [5.74, 6) is 1.81. The first kappa shape index (κ1) is 14.8. The van der Waals surface area contributed by atoms with Crippen LogP contribution in [0.25, 0.3) is 11.4 Å². The van der Waals surface area contributed by atoms with E-state index >= 15 is 0 Å². The number of carbonyl (C=O) groups excluding carboxylic acids is 1.